The smallest absolute Gasteiger partial charge is 0.299 e. The minimum absolute atomic E-state index is 0.194. The Hall–Kier alpha value is -5.24. The molecule has 8 heteroatoms. The molecule has 3 aromatic carbocycles. The maximum Gasteiger partial charge on any atom is 0.299 e. The van der Waals surface area contributed by atoms with E-state index in [9.17, 15) is 9.59 Å². The number of aryl methyl sites for hydroxylation is 2. The third-order valence-electron chi connectivity index (χ3n) is 5.92. The molecule has 2 N–H and O–H groups in total. The lowest BCUT2D eigenvalue weighted by molar-refractivity contribution is 0.0950. The van der Waals surface area contributed by atoms with Crippen LogP contribution in [0, 0.1) is 13.8 Å². The van der Waals surface area contributed by atoms with E-state index in [4.69, 9.17) is 4.74 Å². The zero-order valence-electron chi connectivity index (χ0n) is 21.6. The van der Waals surface area contributed by atoms with Crippen molar-refractivity contribution in [2.24, 2.45) is 0 Å². The minimum atomic E-state index is -0.395. The SMILES string of the molecule is Cc1cc(C)cc(Oc2cnn(-c3ccccc3)c(=O)c2Nc2cccc(C(=O)NCc3ccccn3)c2)c1. The first kappa shape index (κ1) is 25.4. The Morgan fingerprint density at radius 2 is 1.67 bits per heavy atom. The summed E-state index contributed by atoms with van der Waals surface area (Å²) in [6, 6.07) is 27.4. The van der Waals surface area contributed by atoms with Crippen molar-refractivity contribution < 1.29 is 9.53 Å². The van der Waals surface area contributed by atoms with E-state index >= 15 is 0 Å². The van der Waals surface area contributed by atoms with Crippen molar-refractivity contribution in [3.8, 4) is 17.2 Å². The van der Waals surface area contributed by atoms with Gasteiger partial charge in [0.2, 0.25) is 0 Å². The molecule has 0 saturated carbocycles. The summed E-state index contributed by atoms with van der Waals surface area (Å²) in [4.78, 5) is 30.7. The summed E-state index contributed by atoms with van der Waals surface area (Å²) in [5, 5.41) is 10.4. The van der Waals surface area contributed by atoms with Crippen molar-refractivity contribution in [2.45, 2.75) is 20.4 Å². The van der Waals surface area contributed by atoms with Gasteiger partial charge in [0.1, 0.15) is 5.75 Å². The normalized spacial score (nSPS) is 10.6. The van der Waals surface area contributed by atoms with Gasteiger partial charge in [0.15, 0.2) is 11.4 Å². The predicted octanol–water partition coefficient (Wildman–Crippen LogP) is 5.71. The van der Waals surface area contributed by atoms with E-state index in [-0.39, 0.29) is 17.3 Å². The van der Waals surface area contributed by atoms with Crippen LogP contribution in [0.2, 0.25) is 0 Å². The van der Waals surface area contributed by atoms with Crippen LogP contribution in [0.4, 0.5) is 11.4 Å². The summed E-state index contributed by atoms with van der Waals surface area (Å²) in [5.41, 5.74) is 4.23. The zero-order chi connectivity index (χ0) is 27.2. The number of carbonyl (C=O) groups is 1. The average Bonchev–Trinajstić information content (AvgIpc) is 2.94. The summed E-state index contributed by atoms with van der Waals surface area (Å²) in [6.45, 7) is 4.27. The zero-order valence-corrected chi connectivity index (χ0v) is 21.6. The van der Waals surface area contributed by atoms with Crippen molar-refractivity contribution in [3.05, 3.63) is 136 Å². The van der Waals surface area contributed by atoms with Crippen LogP contribution < -0.4 is 20.9 Å². The topological polar surface area (TPSA) is 98.1 Å². The first-order valence-electron chi connectivity index (χ1n) is 12.5. The summed E-state index contributed by atoms with van der Waals surface area (Å²) >= 11 is 0. The Morgan fingerprint density at radius 3 is 2.41 bits per heavy atom. The van der Waals surface area contributed by atoms with E-state index in [2.05, 4.69) is 20.7 Å². The number of amides is 1. The lowest BCUT2D eigenvalue weighted by atomic mass is 10.1. The molecule has 0 aliphatic heterocycles. The number of nitrogens with one attached hydrogen (secondary N) is 2. The second kappa shape index (κ2) is 11.4. The van der Waals surface area contributed by atoms with Crippen LogP contribution in [0.3, 0.4) is 0 Å². The number of hydrogen-bond donors (Lipinski definition) is 2. The van der Waals surface area contributed by atoms with Crippen LogP contribution in [0.15, 0.2) is 108 Å². The number of ether oxygens (including phenoxy) is 1. The number of anilines is 2. The molecule has 0 bridgehead atoms. The van der Waals surface area contributed by atoms with E-state index < -0.39 is 5.56 Å². The van der Waals surface area contributed by atoms with Gasteiger partial charge >= 0.3 is 0 Å². The van der Waals surface area contributed by atoms with Crippen molar-refractivity contribution in [1.82, 2.24) is 20.1 Å². The van der Waals surface area contributed by atoms with E-state index in [1.54, 1.807) is 42.6 Å². The fourth-order valence-electron chi connectivity index (χ4n) is 4.16. The Balaban J connectivity index is 1.47. The first-order valence-corrected chi connectivity index (χ1v) is 12.5. The number of benzene rings is 3. The predicted molar refractivity (Wildman–Crippen MR) is 151 cm³/mol. The summed E-state index contributed by atoms with van der Waals surface area (Å²) in [7, 11) is 0. The molecule has 5 aromatic rings. The lowest BCUT2D eigenvalue weighted by Crippen LogP contribution is -2.24. The highest BCUT2D eigenvalue weighted by Crippen LogP contribution is 2.30. The molecule has 0 aliphatic carbocycles. The number of aromatic nitrogens is 3. The van der Waals surface area contributed by atoms with Crippen LogP contribution in [-0.2, 0) is 6.54 Å². The molecule has 0 atom stereocenters. The number of para-hydroxylation sites is 1. The van der Waals surface area contributed by atoms with Crippen LogP contribution in [0.5, 0.6) is 11.5 Å². The van der Waals surface area contributed by atoms with E-state index in [0.29, 0.717) is 29.2 Å². The fraction of sp³-hybridized carbons (Fsp3) is 0.0968. The van der Waals surface area contributed by atoms with Gasteiger partial charge in [-0.05, 0) is 79.6 Å². The maximum absolute atomic E-state index is 13.7. The van der Waals surface area contributed by atoms with Gasteiger partial charge in [-0.25, -0.2) is 0 Å². The summed E-state index contributed by atoms with van der Waals surface area (Å²) in [6.07, 6.45) is 3.19. The Kier molecular flexibility index (Phi) is 7.45. The lowest BCUT2D eigenvalue weighted by Gasteiger charge is -2.15. The molecule has 194 valence electrons. The molecule has 0 saturated heterocycles. The molecule has 5 rings (SSSR count). The molecule has 1 amide bonds. The molecule has 2 aromatic heterocycles. The van der Waals surface area contributed by atoms with Crippen molar-refractivity contribution in [1.29, 1.82) is 0 Å². The molecule has 39 heavy (non-hydrogen) atoms. The van der Waals surface area contributed by atoms with Crippen molar-refractivity contribution in [3.63, 3.8) is 0 Å². The van der Waals surface area contributed by atoms with Gasteiger partial charge < -0.3 is 15.4 Å². The monoisotopic (exact) mass is 517 g/mol. The highest BCUT2D eigenvalue weighted by atomic mass is 16.5. The standard InChI is InChI=1S/C31H27N5O3/c1-21-15-22(2)17-27(16-21)39-28-20-34-36(26-12-4-3-5-13-26)31(38)29(28)35-24-11-8-9-23(18-24)30(37)33-19-25-10-6-7-14-32-25/h3-18,20,35H,19H2,1-2H3,(H,33,37). The molecule has 0 radical (unpaired) electrons. The van der Waals surface area contributed by atoms with Gasteiger partial charge in [0.25, 0.3) is 11.5 Å². The molecule has 0 unspecified atom stereocenters. The number of hydrogen-bond acceptors (Lipinski definition) is 6. The van der Waals surface area contributed by atoms with Gasteiger partial charge in [-0.1, -0.05) is 36.4 Å². The molecular weight excluding hydrogens is 490 g/mol. The van der Waals surface area contributed by atoms with Gasteiger partial charge in [0, 0.05) is 17.4 Å². The van der Waals surface area contributed by atoms with E-state index in [1.807, 2.05) is 68.4 Å². The van der Waals surface area contributed by atoms with E-state index in [0.717, 1.165) is 16.8 Å². The highest BCUT2D eigenvalue weighted by molar-refractivity contribution is 5.95. The van der Waals surface area contributed by atoms with Gasteiger partial charge in [0.05, 0.1) is 24.1 Å². The van der Waals surface area contributed by atoms with Gasteiger partial charge in [-0.3, -0.25) is 14.6 Å². The minimum Gasteiger partial charge on any atom is -0.453 e. The van der Waals surface area contributed by atoms with Crippen molar-refractivity contribution >= 4 is 17.3 Å². The second-order valence-corrected chi connectivity index (χ2v) is 9.07. The van der Waals surface area contributed by atoms with Gasteiger partial charge in [-0.2, -0.15) is 9.78 Å². The quantitative estimate of drug-likeness (QED) is 0.274. The third-order valence-corrected chi connectivity index (χ3v) is 5.92. The van der Waals surface area contributed by atoms with E-state index in [1.165, 1.54) is 10.9 Å². The fourth-order valence-corrected chi connectivity index (χ4v) is 4.16. The van der Waals surface area contributed by atoms with Crippen LogP contribution in [0.25, 0.3) is 5.69 Å². The molecule has 0 fully saturated rings. The van der Waals surface area contributed by atoms with Crippen LogP contribution in [0.1, 0.15) is 27.2 Å². The number of pyridine rings is 1. The van der Waals surface area contributed by atoms with Gasteiger partial charge in [-0.15, -0.1) is 0 Å². The Bertz CT molecular complexity index is 1650. The largest absolute Gasteiger partial charge is 0.453 e. The molecule has 0 spiro atoms. The summed E-state index contributed by atoms with van der Waals surface area (Å²) < 4.78 is 7.46. The summed E-state index contributed by atoms with van der Waals surface area (Å²) in [5.74, 6) is 0.603. The average molecular weight is 518 g/mol. The van der Waals surface area contributed by atoms with Crippen molar-refractivity contribution in [2.75, 3.05) is 5.32 Å². The molecular formula is C31H27N5O3. The molecule has 8 nitrogen and oxygen atoms in total. The number of rotatable bonds is 8. The number of carbonyl (C=O) groups excluding carboxylic acids is 1. The van der Waals surface area contributed by atoms with Crippen LogP contribution in [-0.4, -0.2) is 20.7 Å². The maximum atomic E-state index is 13.7. The Morgan fingerprint density at radius 1 is 0.897 bits per heavy atom. The Labute approximate surface area is 225 Å². The third kappa shape index (κ3) is 6.19. The second-order valence-electron chi connectivity index (χ2n) is 9.07. The number of nitrogens with zero attached hydrogens (tertiary/aromatic N) is 3. The molecule has 2 heterocycles. The molecule has 0 aliphatic rings. The highest BCUT2D eigenvalue weighted by Gasteiger charge is 2.16. The van der Waals surface area contributed by atoms with Crippen LogP contribution >= 0.6 is 0 Å². The first-order chi connectivity index (χ1) is 19.0.